The smallest absolute Gasteiger partial charge is 0.0641 e. The van der Waals surface area contributed by atoms with E-state index in [1.165, 1.54) is 133 Å². The van der Waals surface area contributed by atoms with Crippen LogP contribution < -0.4 is 10.4 Å². The zero-order chi connectivity index (χ0) is 45.3. The van der Waals surface area contributed by atoms with Crippen LogP contribution in [0.2, 0.25) is 6.55 Å². The molecule has 1 atom stereocenters. The lowest BCUT2D eigenvalue weighted by Crippen LogP contribution is -2.34. The molecule has 0 saturated carbocycles. The van der Waals surface area contributed by atoms with Crippen molar-refractivity contribution in [2.24, 2.45) is 0 Å². The first kappa shape index (κ1) is 39.1. The van der Waals surface area contributed by atoms with Gasteiger partial charge in [0.05, 0.1) is 0 Å². The fourth-order valence-corrected chi connectivity index (χ4v) is 16.2. The first-order chi connectivity index (χ1) is 32.4. The third-order valence-corrected chi connectivity index (χ3v) is 20.0. The van der Waals surface area contributed by atoms with Gasteiger partial charge in [-0.25, -0.2) is 0 Å². The lowest BCUT2D eigenvalue weighted by atomic mass is 9.79. The lowest BCUT2D eigenvalue weighted by Gasteiger charge is -2.24. The number of rotatable bonds is 3. The minimum Gasteiger partial charge on any atom is -0.0641 e. The monoisotopic (exact) mass is 872 g/mol. The third kappa shape index (κ3) is 5.13. The Morgan fingerprint density at radius 2 is 0.612 bits per heavy atom. The third-order valence-electron chi connectivity index (χ3n) is 17.1. The molecule has 320 valence electrons. The number of hydrogen-bond acceptors (Lipinski definition) is 0. The van der Waals surface area contributed by atoms with E-state index in [0.29, 0.717) is 0 Å². The maximum atomic E-state index is 2.65. The van der Waals surface area contributed by atoms with Crippen LogP contribution in [0.1, 0.15) is 74.9 Å². The predicted octanol–water partition coefficient (Wildman–Crippen LogP) is 15.9. The second-order valence-electron chi connectivity index (χ2n) is 21.6. The van der Waals surface area contributed by atoms with Gasteiger partial charge in [0.2, 0.25) is 0 Å². The fraction of sp³-hybridized carbons (Fsp3) is 0.152. The van der Waals surface area contributed by atoms with Crippen molar-refractivity contribution in [2.75, 3.05) is 0 Å². The summed E-state index contributed by atoms with van der Waals surface area (Å²) in [5.41, 5.74) is 27.2. The van der Waals surface area contributed by atoms with Crippen molar-refractivity contribution in [3.05, 3.63) is 215 Å². The lowest BCUT2D eigenvalue weighted by molar-refractivity contribution is 0.660. The first-order valence-electron chi connectivity index (χ1n) is 24.3. The Labute approximate surface area is 396 Å². The largest absolute Gasteiger partial charge is 0.101 e. The molecule has 0 saturated heterocycles. The molecule has 1 unspecified atom stereocenters. The molecule has 0 bridgehead atoms. The molecule has 0 N–H and O–H groups in total. The summed E-state index contributed by atoms with van der Waals surface area (Å²) in [6.45, 7) is 17.0. The topological polar surface area (TPSA) is 0 Å². The molecule has 0 amide bonds. The van der Waals surface area contributed by atoms with E-state index in [9.17, 15) is 0 Å². The van der Waals surface area contributed by atoms with Crippen LogP contribution in [-0.2, 0) is 16.2 Å². The molecule has 4 aliphatic rings. The van der Waals surface area contributed by atoms with Crippen molar-refractivity contribution in [3.8, 4) is 77.9 Å². The summed E-state index contributed by atoms with van der Waals surface area (Å²) in [7, 11) is -1.60. The molecular formula is C66H52Si. The van der Waals surface area contributed by atoms with Gasteiger partial charge in [-0.05, 0) is 167 Å². The van der Waals surface area contributed by atoms with Gasteiger partial charge in [0.15, 0.2) is 0 Å². The van der Waals surface area contributed by atoms with E-state index in [4.69, 9.17) is 0 Å². The quantitative estimate of drug-likeness (QED) is 0.123. The van der Waals surface area contributed by atoms with Gasteiger partial charge in [-0.3, -0.25) is 0 Å². The minimum atomic E-state index is -1.60. The van der Waals surface area contributed by atoms with Gasteiger partial charge in [0, 0.05) is 16.2 Å². The highest BCUT2D eigenvalue weighted by Gasteiger charge is 2.39. The van der Waals surface area contributed by atoms with Crippen LogP contribution in [0.3, 0.4) is 0 Å². The van der Waals surface area contributed by atoms with Gasteiger partial charge in [-0.1, -0.05) is 206 Å². The Kier molecular flexibility index (Phi) is 7.77. The van der Waals surface area contributed by atoms with Crippen molar-refractivity contribution < 1.29 is 0 Å². The van der Waals surface area contributed by atoms with Crippen molar-refractivity contribution >= 4 is 40.7 Å². The molecule has 1 aliphatic heterocycles. The number of fused-ring (bicyclic) bond motifs is 14. The molecule has 67 heavy (non-hydrogen) atoms. The van der Waals surface area contributed by atoms with Gasteiger partial charge >= 0.3 is 0 Å². The highest BCUT2D eigenvalue weighted by molar-refractivity contribution is 6.89. The van der Waals surface area contributed by atoms with Gasteiger partial charge in [0.25, 0.3) is 0 Å². The zero-order valence-corrected chi connectivity index (χ0v) is 40.6. The first-order valence-corrected chi connectivity index (χ1v) is 26.6. The van der Waals surface area contributed by atoms with E-state index in [1.54, 1.807) is 10.4 Å². The normalized spacial score (nSPS) is 16.8. The fourth-order valence-electron chi connectivity index (χ4n) is 13.6. The minimum absolute atomic E-state index is 0.0346. The predicted molar refractivity (Wildman–Crippen MR) is 288 cm³/mol. The summed E-state index contributed by atoms with van der Waals surface area (Å²) in [6, 6.07) is 70.9. The summed E-state index contributed by atoms with van der Waals surface area (Å²) < 4.78 is 0. The van der Waals surface area contributed by atoms with E-state index in [1.807, 2.05) is 0 Å². The second kappa shape index (κ2) is 13.3. The average molecular weight is 873 g/mol. The van der Waals surface area contributed by atoms with E-state index in [-0.39, 0.29) is 16.2 Å². The molecule has 1 heteroatoms. The molecule has 1 heterocycles. The number of hydrogen-bond donors (Lipinski definition) is 0. The van der Waals surface area contributed by atoms with Gasteiger partial charge in [-0.15, -0.1) is 0 Å². The maximum Gasteiger partial charge on any atom is 0.101 e. The number of benzene rings is 10. The summed E-state index contributed by atoms with van der Waals surface area (Å²) >= 11 is 0. The SMILES string of the molecule is C[SiH]1c2cc(-c3ccc4c(c3)C(C)(C)c3ccccc3-4)ccc2-c2cc3c(-c4ccc5c(c4)C(C)(C)c4ccccc4-5)c4ccccc4c(-c4ccc5c(c4)C(C)(C)c4ccccc4-5)c3cc21. The van der Waals surface area contributed by atoms with Crippen molar-refractivity contribution in [1.29, 1.82) is 0 Å². The molecule has 10 aromatic rings. The van der Waals surface area contributed by atoms with Crippen LogP contribution in [-0.4, -0.2) is 8.80 Å². The molecule has 10 aromatic carbocycles. The van der Waals surface area contributed by atoms with Crippen LogP contribution in [0.25, 0.3) is 99.4 Å². The van der Waals surface area contributed by atoms with E-state index in [2.05, 4.69) is 230 Å². The molecule has 0 nitrogen and oxygen atoms in total. The summed E-state index contributed by atoms with van der Waals surface area (Å²) in [6.07, 6.45) is 0. The maximum absolute atomic E-state index is 2.65. The Balaban J connectivity index is 0.996. The van der Waals surface area contributed by atoms with Crippen LogP contribution in [0.15, 0.2) is 182 Å². The molecular weight excluding hydrogens is 821 g/mol. The standard InChI is InChI=1S/C66H52Si/c1-64(2)54-21-13-10-16-42(54)45-28-24-38(32-57(45)64)39-25-31-48-51-36-52-53(37-61(51)67(7)60(48)35-39)63(41-27-30-47-44-18-12-15-23-56(44)66(5,6)59(47)34-41)50-20-9-8-19-49(50)62(52)40-26-29-46-43-17-11-14-22-55(43)65(3,4)58(46)33-40/h8-37,67H,1-7H3. The van der Waals surface area contributed by atoms with E-state index in [0.717, 1.165) is 0 Å². The molecule has 3 aliphatic carbocycles. The Hall–Kier alpha value is -7.06. The highest BCUT2D eigenvalue weighted by Crippen LogP contribution is 2.54. The van der Waals surface area contributed by atoms with Gasteiger partial charge in [0.1, 0.15) is 8.80 Å². The van der Waals surface area contributed by atoms with Crippen LogP contribution in [0, 0.1) is 0 Å². The van der Waals surface area contributed by atoms with Crippen LogP contribution in [0.4, 0.5) is 0 Å². The van der Waals surface area contributed by atoms with Crippen molar-refractivity contribution in [2.45, 2.75) is 64.3 Å². The Bertz CT molecular complexity index is 3850. The van der Waals surface area contributed by atoms with E-state index < -0.39 is 8.80 Å². The zero-order valence-electron chi connectivity index (χ0n) is 39.4. The Morgan fingerprint density at radius 3 is 1.09 bits per heavy atom. The average Bonchev–Trinajstić information content (AvgIpc) is 3.94. The van der Waals surface area contributed by atoms with Crippen LogP contribution in [0.5, 0.6) is 0 Å². The molecule has 14 rings (SSSR count). The van der Waals surface area contributed by atoms with Gasteiger partial charge < -0.3 is 0 Å². The van der Waals surface area contributed by atoms with Crippen molar-refractivity contribution in [3.63, 3.8) is 0 Å². The molecule has 0 radical (unpaired) electrons. The highest BCUT2D eigenvalue weighted by atomic mass is 28.3. The van der Waals surface area contributed by atoms with Crippen molar-refractivity contribution in [1.82, 2.24) is 0 Å². The second-order valence-corrected chi connectivity index (χ2v) is 24.3. The van der Waals surface area contributed by atoms with E-state index >= 15 is 0 Å². The molecule has 0 aromatic heterocycles. The van der Waals surface area contributed by atoms with Crippen LogP contribution >= 0.6 is 0 Å². The molecule has 0 fully saturated rings. The Morgan fingerprint density at radius 1 is 0.269 bits per heavy atom. The summed E-state index contributed by atoms with van der Waals surface area (Å²) in [4.78, 5) is 0. The molecule has 0 spiro atoms. The summed E-state index contributed by atoms with van der Waals surface area (Å²) in [5, 5.41) is 8.41. The van der Waals surface area contributed by atoms with Gasteiger partial charge in [-0.2, -0.15) is 0 Å². The summed E-state index contributed by atoms with van der Waals surface area (Å²) in [5.74, 6) is 0.